The summed E-state index contributed by atoms with van der Waals surface area (Å²) >= 11 is 0. The average Bonchev–Trinajstić information content (AvgIpc) is 3.30. The Morgan fingerprint density at radius 3 is 2.58 bits per heavy atom. The molecule has 0 fully saturated rings. The van der Waals surface area contributed by atoms with Crippen LogP contribution in [0.2, 0.25) is 0 Å². The zero-order chi connectivity index (χ0) is 23.2. The van der Waals surface area contributed by atoms with E-state index in [1.54, 1.807) is 42.5 Å². The second-order valence-corrected chi connectivity index (χ2v) is 7.40. The van der Waals surface area contributed by atoms with Crippen molar-refractivity contribution < 1.29 is 32.9 Å². The fraction of sp³-hybridized carbons (Fsp3) is 0.200. The first-order chi connectivity index (χ1) is 16.0. The zero-order valence-corrected chi connectivity index (χ0v) is 17.9. The third kappa shape index (κ3) is 5.79. The lowest BCUT2D eigenvalue weighted by Gasteiger charge is -2.14. The van der Waals surface area contributed by atoms with Gasteiger partial charge in [-0.15, -0.1) is 0 Å². The standard InChI is InChI=1S/C25H22FNO6/c1-16(24(28)27-13-18-7-10-22-23(11-18)32-15-31-22)33-25(29)19-3-2-4-21(12-19)30-14-17-5-8-20(26)9-6-17/h2-12,16H,13-15H2,1H3,(H,27,28). The third-order valence-corrected chi connectivity index (χ3v) is 4.95. The first-order valence-corrected chi connectivity index (χ1v) is 10.3. The van der Waals surface area contributed by atoms with Crippen LogP contribution < -0.4 is 19.5 Å². The Labute approximate surface area is 190 Å². The second-order valence-electron chi connectivity index (χ2n) is 7.40. The van der Waals surface area contributed by atoms with Crippen molar-refractivity contribution >= 4 is 11.9 Å². The van der Waals surface area contributed by atoms with Crippen LogP contribution in [0.25, 0.3) is 0 Å². The summed E-state index contributed by atoms with van der Waals surface area (Å²) in [5.74, 6) is 0.350. The topological polar surface area (TPSA) is 83.1 Å². The Kier molecular flexibility index (Phi) is 6.73. The molecule has 3 aromatic carbocycles. The maximum atomic E-state index is 13.0. The molecule has 1 aliphatic heterocycles. The van der Waals surface area contributed by atoms with Crippen molar-refractivity contribution in [1.82, 2.24) is 5.32 Å². The number of fused-ring (bicyclic) bond motifs is 1. The van der Waals surface area contributed by atoms with Crippen molar-refractivity contribution in [3.8, 4) is 17.2 Å². The summed E-state index contributed by atoms with van der Waals surface area (Å²) in [6.45, 7) is 2.15. The van der Waals surface area contributed by atoms with E-state index in [9.17, 15) is 14.0 Å². The molecule has 1 aliphatic rings. The number of hydrogen-bond acceptors (Lipinski definition) is 6. The van der Waals surface area contributed by atoms with Crippen LogP contribution in [0.1, 0.15) is 28.4 Å². The van der Waals surface area contributed by atoms with Crippen molar-refractivity contribution in [3.05, 3.63) is 89.2 Å². The quantitative estimate of drug-likeness (QED) is 0.522. The van der Waals surface area contributed by atoms with E-state index in [-0.39, 0.29) is 31.3 Å². The largest absolute Gasteiger partial charge is 0.489 e. The molecule has 0 spiro atoms. The van der Waals surface area contributed by atoms with Gasteiger partial charge >= 0.3 is 5.97 Å². The Bertz CT molecular complexity index is 1150. The summed E-state index contributed by atoms with van der Waals surface area (Å²) in [5.41, 5.74) is 1.87. The van der Waals surface area contributed by atoms with Crippen LogP contribution in [-0.2, 0) is 22.7 Å². The molecule has 0 aliphatic carbocycles. The predicted octanol–water partition coefficient (Wildman–Crippen LogP) is 4.00. The minimum Gasteiger partial charge on any atom is -0.489 e. The fourth-order valence-electron chi connectivity index (χ4n) is 3.13. The van der Waals surface area contributed by atoms with Gasteiger partial charge in [-0.3, -0.25) is 4.79 Å². The number of amides is 1. The van der Waals surface area contributed by atoms with Crippen molar-refractivity contribution in [2.75, 3.05) is 6.79 Å². The smallest absolute Gasteiger partial charge is 0.339 e. The van der Waals surface area contributed by atoms with Gasteiger partial charge in [-0.2, -0.15) is 0 Å². The molecule has 7 nitrogen and oxygen atoms in total. The molecule has 0 saturated carbocycles. The van der Waals surface area contributed by atoms with E-state index in [1.165, 1.54) is 25.1 Å². The average molecular weight is 451 g/mol. The molecular weight excluding hydrogens is 429 g/mol. The van der Waals surface area contributed by atoms with Crippen LogP contribution in [-0.4, -0.2) is 24.8 Å². The van der Waals surface area contributed by atoms with E-state index >= 15 is 0 Å². The number of benzene rings is 3. The van der Waals surface area contributed by atoms with E-state index in [0.29, 0.717) is 17.2 Å². The Morgan fingerprint density at radius 2 is 1.76 bits per heavy atom. The van der Waals surface area contributed by atoms with Gasteiger partial charge < -0.3 is 24.3 Å². The van der Waals surface area contributed by atoms with Crippen LogP contribution >= 0.6 is 0 Å². The molecule has 8 heteroatoms. The van der Waals surface area contributed by atoms with Crippen molar-refractivity contribution in [2.24, 2.45) is 0 Å². The van der Waals surface area contributed by atoms with Crippen LogP contribution in [0.4, 0.5) is 4.39 Å². The maximum absolute atomic E-state index is 13.0. The van der Waals surface area contributed by atoms with Gasteiger partial charge in [-0.05, 0) is 60.5 Å². The highest BCUT2D eigenvalue weighted by Gasteiger charge is 2.20. The molecule has 33 heavy (non-hydrogen) atoms. The van der Waals surface area contributed by atoms with E-state index in [4.69, 9.17) is 18.9 Å². The van der Waals surface area contributed by atoms with E-state index in [0.717, 1.165) is 11.1 Å². The Hall–Kier alpha value is -4.07. The number of carbonyl (C=O) groups is 2. The highest BCUT2D eigenvalue weighted by atomic mass is 19.1. The second kappa shape index (κ2) is 10.0. The normalized spacial score (nSPS) is 12.7. The van der Waals surface area contributed by atoms with Crippen molar-refractivity contribution in [1.29, 1.82) is 0 Å². The van der Waals surface area contributed by atoms with Gasteiger partial charge in [-0.25, -0.2) is 9.18 Å². The van der Waals surface area contributed by atoms with Gasteiger partial charge in [0.15, 0.2) is 17.6 Å². The number of rotatable bonds is 8. The third-order valence-electron chi connectivity index (χ3n) is 4.95. The van der Waals surface area contributed by atoms with Crippen LogP contribution in [0.15, 0.2) is 66.7 Å². The molecule has 0 saturated heterocycles. The SMILES string of the molecule is CC(OC(=O)c1cccc(OCc2ccc(F)cc2)c1)C(=O)NCc1ccc2c(c1)OCO2. The van der Waals surface area contributed by atoms with Crippen LogP contribution in [0.3, 0.4) is 0 Å². The van der Waals surface area contributed by atoms with Gasteiger partial charge in [0.25, 0.3) is 5.91 Å². The van der Waals surface area contributed by atoms with Gasteiger partial charge in [0.1, 0.15) is 18.2 Å². The lowest BCUT2D eigenvalue weighted by atomic mass is 10.2. The molecule has 1 unspecified atom stereocenters. The minimum absolute atomic E-state index is 0.177. The first kappa shape index (κ1) is 22.1. The number of nitrogens with one attached hydrogen (secondary N) is 1. The number of ether oxygens (including phenoxy) is 4. The Morgan fingerprint density at radius 1 is 1.00 bits per heavy atom. The first-order valence-electron chi connectivity index (χ1n) is 10.3. The van der Waals surface area contributed by atoms with Gasteiger partial charge in [0.05, 0.1) is 5.56 Å². The number of halogens is 1. The predicted molar refractivity (Wildman–Crippen MR) is 116 cm³/mol. The molecule has 4 rings (SSSR count). The fourth-order valence-corrected chi connectivity index (χ4v) is 3.13. The molecule has 3 aromatic rings. The van der Waals surface area contributed by atoms with Gasteiger partial charge in [0, 0.05) is 6.54 Å². The summed E-state index contributed by atoms with van der Waals surface area (Å²) in [5, 5.41) is 2.74. The number of carbonyl (C=O) groups excluding carboxylic acids is 2. The molecule has 0 bridgehead atoms. The number of hydrogen-bond donors (Lipinski definition) is 1. The minimum atomic E-state index is -0.990. The monoisotopic (exact) mass is 451 g/mol. The van der Waals surface area contributed by atoms with Crippen LogP contribution in [0.5, 0.6) is 17.2 Å². The lowest BCUT2D eigenvalue weighted by Crippen LogP contribution is -2.35. The summed E-state index contributed by atoms with van der Waals surface area (Å²) in [6, 6.07) is 17.8. The molecule has 1 heterocycles. The highest BCUT2D eigenvalue weighted by molar-refractivity contribution is 5.92. The summed E-state index contributed by atoms with van der Waals surface area (Å²) in [4.78, 5) is 24.9. The van der Waals surface area contributed by atoms with Gasteiger partial charge in [0.2, 0.25) is 6.79 Å². The summed E-state index contributed by atoms with van der Waals surface area (Å²) in [6.07, 6.45) is -0.990. The van der Waals surface area contributed by atoms with Gasteiger partial charge in [-0.1, -0.05) is 24.3 Å². The molecule has 1 atom stereocenters. The molecule has 170 valence electrons. The van der Waals surface area contributed by atoms with Crippen LogP contribution in [0, 0.1) is 5.82 Å². The number of esters is 1. The molecule has 1 amide bonds. The lowest BCUT2D eigenvalue weighted by molar-refractivity contribution is -0.129. The summed E-state index contributed by atoms with van der Waals surface area (Å²) in [7, 11) is 0. The maximum Gasteiger partial charge on any atom is 0.339 e. The molecule has 1 N–H and O–H groups in total. The van der Waals surface area contributed by atoms with Crippen molar-refractivity contribution in [3.63, 3.8) is 0 Å². The highest BCUT2D eigenvalue weighted by Crippen LogP contribution is 2.32. The Balaban J connectivity index is 1.28. The van der Waals surface area contributed by atoms with Crippen molar-refractivity contribution in [2.45, 2.75) is 26.2 Å². The van der Waals surface area contributed by atoms with E-state index in [1.807, 2.05) is 6.07 Å². The molecular formula is C25H22FNO6. The molecule has 0 radical (unpaired) electrons. The van der Waals surface area contributed by atoms with E-state index < -0.39 is 18.0 Å². The van der Waals surface area contributed by atoms with E-state index in [2.05, 4.69) is 5.32 Å². The molecule has 0 aromatic heterocycles. The zero-order valence-electron chi connectivity index (χ0n) is 17.9. The summed E-state index contributed by atoms with van der Waals surface area (Å²) < 4.78 is 34.6.